The van der Waals surface area contributed by atoms with Gasteiger partial charge in [0, 0.05) is 29.8 Å². The molecule has 1 fully saturated rings. The second-order valence-corrected chi connectivity index (χ2v) is 6.55. The maximum Gasteiger partial charge on any atom is 0.254 e. The van der Waals surface area contributed by atoms with E-state index >= 15 is 0 Å². The second-order valence-electron chi connectivity index (χ2n) is 6.55. The molecule has 2 amide bonds. The van der Waals surface area contributed by atoms with Crippen LogP contribution < -0.4 is 11.1 Å². The van der Waals surface area contributed by atoms with Crippen LogP contribution in [0.4, 0.5) is 0 Å². The molecule has 8 heteroatoms. The van der Waals surface area contributed by atoms with Crippen LogP contribution in [-0.2, 0) is 4.79 Å². The van der Waals surface area contributed by atoms with Gasteiger partial charge in [-0.05, 0) is 32.4 Å². The van der Waals surface area contributed by atoms with Gasteiger partial charge in [0.15, 0.2) is 5.82 Å². The molecule has 0 bridgehead atoms. The number of likely N-dealkylation sites (tertiary alicyclic amines) is 1. The smallest absolute Gasteiger partial charge is 0.254 e. The molecule has 25 heavy (non-hydrogen) atoms. The van der Waals surface area contributed by atoms with Crippen molar-refractivity contribution in [2.75, 3.05) is 6.54 Å². The number of nitrogens with one attached hydrogen (secondary N) is 2. The SMILES string of the molecule is CC(C)NC(=O)[C@@H]1C[C@@H](N)CN1C(=O)c1cccc(-c2ncn[nH]2)c1. The van der Waals surface area contributed by atoms with Gasteiger partial charge in [-0.25, -0.2) is 4.98 Å². The van der Waals surface area contributed by atoms with Crippen LogP contribution in [0, 0.1) is 0 Å². The molecule has 1 saturated heterocycles. The summed E-state index contributed by atoms with van der Waals surface area (Å²) in [6.45, 7) is 4.14. The van der Waals surface area contributed by atoms with Crippen LogP contribution in [-0.4, -0.2) is 56.6 Å². The molecule has 1 aliphatic rings. The molecule has 0 unspecified atom stereocenters. The molecule has 1 aromatic carbocycles. The van der Waals surface area contributed by atoms with E-state index in [4.69, 9.17) is 5.73 Å². The number of benzene rings is 1. The van der Waals surface area contributed by atoms with E-state index < -0.39 is 6.04 Å². The zero-order chi connectivity index (χ0) is 18.0. The number of nitrogens with two attached hydrogens (primary N) is 1. The Balaban J connectivity index is 1.84. The zero-order valence-corrected chi connectivity index (χ0v) is 14.3. The maximum atomic E-state index is 13.0. The Hall–Kier alpha value is -2.74. The van der Waals surface area contributed by atoms with Crippen molar-refractivity contribution >= 4 is 11.8 Å². The van der Waals surface area contributed by atoms with Gasteiger partial charge >= 0.3 is 0 Å². The molecule has 0 saturated carbocycles. The fourth-order valence-electron chi connectivity index (χ4n) is 3.03. The third-order valence-corrected chi connectivity index (χ3v) is 4.13. The lowest BCUT2D eigenvalue weighted by Gasteiger charge is -2.25. The van der Waals surface area contributed by atoms with E-state index in [2.05, 4.69) is 20.5 Å². The van der Waals surface area contributed by atoms with Crippen LogP contribution in [0.15, 0.2) is 30.6 Å². The molecule has 1 aromatic heterocycles. The van der Waals surface area contributed by atoms with Gasteiger partial charge in [-0.3, -0.25) is 14.7 Å². The molecule has 4 N–H and O–H groups in total. The van der Waals surface area contributed by atoms with Gasteiger partial charge in [0.05, 0.1) is 0 Å². The Morgan fingerprint density at radius 1 is 1.40 bits per heavy atom. The Morgan fingerprint density at radius 3 is 2.88 bits per heavy atom. The normalized spacial score (nSPS) is 20.1. The molecule has 2 aromatic rings. The average molecular weight is 342 g/mol. The lowest BCUT2D eigenvalue weighted by Crippen LogP contribution is -2.47. The molecule has 0 spiro atoms. The van der Waals surface area contributed by atoms with Gasteiger partial charge in [-0.1, -0.05) is 12.1 Å². The van der Waals surface area contributed by atoms with Crippen LogP contribution in [0.25, 0.3) is 11.4 Å². The summed E-state index contributed by atoms with van der Waals surface area (Å²) >= 11 is 0. The molecule has 1 aliphatic heterocycles. The third-order valence-electron chi connectivity index (χ3n) is 4.13. The Kier molecular flexibility index (Phi) is 4.80. The van der Waals surface area contributed by atoms with Crippen LogP contribution in [0.1, 0.15) is 30.6 Å². The lowest BCUT2D eigenvalue weighted by molar-refractivity contribution is -0.125. The third kappa shape index (κ3) is 3.69. The number of hydrogen-bond acceptors (Lipinski definition) is 5. The largest absolute Gasteiger partial charge is 0.352 e. The first kappa shape index (κ1) is 17.1. The van der Waals surface area contributed by atoms with E-state index in [0.29, 0.717) is 24.4 Å². The Labute approximate surface area is 145 Å². The number of carbonyl (C=O) groups is 2. The summed E-state index contributed by atoms with van der Waals surface area (Å²) in [7, 11) is 0. The molecule has 2 heterocycles. The highest BCUT2D eigenvalue weighted by atomic mass is 16.2. The number of amides is 2. The molecule has 132 valence electrons. The van der Waals surface area contributed by atoms with Gasteiger partial charge in [-0.15, -0.1) is 0 Å². The van der Waals surface area contributed by atoms with Crippen molar-refractivity contribution in [2.24, 2.45) is 5.73 Å². The van der Waals surface area contributed by atoms with E-state index in [9.17, 15) is 9.59 Å². The van der Waals surface area contributed by atoms with Gasteiger partial charge in [0.2, 0.25) is 5.91 Å². The summed E-state index contributed by atoms with van der Waals surface area (Å²) in [5.41, 5.74) is 7.26. The minimum absolute atomic E-state index is 0.0102. The summed E-state index contributed by atoms with van der Waals surface area (Å²) in [6, 6.07) is 6.35. The number of H-pyrrole nitrogens is 1. The van der Waals surface area contributed by atoms with Crippen molar-refractivity contribution in [1.29, 1.82) is 0 Å². The highest BCUT2D eigenvalue weighted by Crippen LogP contribution is 2.22. The van der Waals surface area contributed by atoms with Crippen molar-refractivity contribution in [3.63, 3.8) is 0 Å². The predicted molar refractivity (Wildman–Crippen MR) is 92.5 cm³/mol. The van der Waals surface area contributed by atoms with Crippen LogP contribution in [0.2, 0.25) is 0 Å². The number of aromatic nitrogens is 3. The van der Waals surface area contributed by atoms with Crippen molar-refractivity contribution in [1.82, 2.24) is 25.4 Å². The van der Waals surface area contributed by atoms with Crippen molar-refractivity contribution in [3.8, 4) is 11.4 Å². The van der Waals surface area contributed by atoms with E-state index in [1.807, 2.05) is 19.9 Å². The minimum atomic E-state index is -0.543. The molecule has 0 radical (unpaired) electrons. The van der Waals surface area contributed by atoms with Gasteiger partial charge in [0.25, 0.3) is 5.91 Å². The Bertz CT molecular complexity index is 758. The van der Waals surface area contributed by atoms with Crippen molar-refractivity contribution in [2.45, 2.75) is 38.4 Å². The standard InChI is InChI=1S/C17H22N6O2/c1-10(2)21-16(24)14-7-13(18)8-23(14)17(25)12-5-3-4-11(6-12)15-19-9-20-22-15/h3-6,9-10,13-14H,7-8,18H2,1-2H3,(H,21,24)(H,19,20,22)/t13-,14+/m1/s1. The van der Waals surface area contributed by atoms with E-state index in [1.165, 1.54) is 6.33 Å². The molecule has 8 nitrogen and oxygen atoms in total. The van der Waals surface area contributed by atoms with Crippen LogP contribution in [0.5, 0.6) is 0 Å². The highest BCUT2D eigenvalue weighted by molar-refractivity contribution is 5.98. The topological polar surface area (TPSA) is 117 Å². The predicted octanol–water partition coefficient (Wildman–Crippen LogP) is 0.538. The summed E-state index contributed by atoms with van der Waals surface area (Å²) in [4.78, 5) is 31.0. The minimum Gasteiger partial charge on any atom is -0.352 e. The quantitative estimate of drug-likeness (QED) is 0.749. The molecule has 3 rings (SSSR count). The number of rotatable bonds is 4. The highest BCUT2D eigenvalue weighted by Gasteiger charge is 2.38. The summed E-state index contributed by atoms with van der Waals surface area (Å²) in [5.74, 6) is 0.211. The average Bonchev–Trinajstić information content (AvgIpc) is 3.23. The zero-order valence-electron chi connectivity index (χ0n) is 14.3. The molecule has 2 atom stereocenters. The van der Waals surface area contributed by atoms with Crippen molar-refractivity contribution < 1.29 is 9.59 Å². The fourth-order valence-corrected chi connectivity index (χ4v) is 3.03. The first-order valence-electron chi connectivity index (χ1n) is 8.28. The Morgan fingerprint density at radius 2 is 2.20 bits per heavy atom. The number of aromatic amines is 1. The fraction of sp³-hybridized carbons (Fsp3) is 0.412. The second kappa shape index (κ2) is 7.02. The molecule has 0 aliphatic carbocycles. The van der Waals surface area contributed by atoms with E-state index in [1.54, 1.807) is 23.1 Å². The summed E-state index contributed by atoms with van der Waals surface area (Å²) < 4.78 is 0. The van der Waals surface area contributed by atoms with Crippen LogP contribution in [0.3, 0.4) is 0 Å². The van der Waals surface area contributed by atoms with Gasteiger partial charge < -0.3 is 16.0 Å². The van der Waals surface area contributed by atoms with E-state index in [0.717, 1.165) is 5.56 Å². The van der Waals surface area contributed by atoms with E-state index in [-0.39, 0.29) is 23.9 Å². The van der Waals surface area contributed by atoms with Gasteiger partial charge in [0.1, 0.15) is 12.4 Å². The molecular formula is C17H22N6O2. The maximum absolute atomic E-state index is 13.0. The first-order chi connectivity index (χ1) is 12.0. The number of carbonyl (C=O) groups excluding carboxylic acids is 2. The summed E-state index contributed by atoms with van der Waals surface area (Å²) in [6.07, 6.45) is 1.88. The number of hydrogen-bond donors (Lipinski definition) is 3. The van der Waals surface area contributed by atoms with Crippen LogP contribution >= 0.6 is 0 Å². The molecular weight excluding hydrogens is 320 g/mol. The first-order valence-corrected chi connectivity index (χ1v) is 8.28. The van der Waals surface area contributed by atoms with Crippen molar-refractivity contribution in [3.05, 3.63) is 36.2 Å². The summed E-state index contributed by atoms with van der Waals surface area (Å²) in [5, 5.41) is 9.46. The van der Waals surface area contributed by atoms with Gasteiger partial charge in [-0.2, -0.15) is 5.10 Å². The monoisotopic (exact) mass is 342 g/mol. The number of nitrogens with zero attached hydrogens (tertiary/aromatic N) is 3. The lowest BCUT2D eigenvalue weighted by atomic mass is 10.1.